The molecular formula is C50H66FN11O5S. The van der Waals surface area contributed by atoms with E-state index >= 15 is 4.39 Å². The van der Waals surface area contributed by atoms with Crippen molar-refractivity contribution in [3.05, 3.63) is 113 Å². The van der Waals surface area contributed by atoms with Crippen LogP contribution in [-0.2, 0) is 31.7 Å². The number of hydrogen-bond donors (Lipinski definition) is 4. The van der Waals surface area contributed by atoms with Crippen LogP contribution < -0.4 is 26.2 Å². The first-order chi connectivity index (χ1) is 32.8. The van der Waals surface area contributed by atoms with Crippen molar-refractivity contribution in [3.63, 3.8) is 0 Å². The summed E-state index contributed by atoms with van der Waals surface area (Å²) in [4.78, 5) is 50.9. The summed E-state index contributed by atoms with van der Waals surface area (Å²) >= 11 is 0. The first kappa shape index (κ1) is 51.3. The van der Waals surface area contributed by atoms with Crippen LogP contribution in [0.2, 0.25) is 0 Å². The van der Waals surface area contributed by atoms with E-state index in [-0.39, 0.29) is 30.4 Å². The maximum absolute atomic E-state index is 15.7. The number of aliphatic imine (C=N–C) groups is 1. The molecule has 0 saturated carbocycles. The second kappa shape index (κ2) is 24.3. The van der Waals surface area contributed by atoms with Gasteiger partial charge in [-0.05, 0) is 107 Å². The number of rotatable bonds is 20. The average Bonchev–Trinajstić information content (AvgIpc) is 3.34. The predicted molar refractivity (Wildman–Crippen MR) is 269 cm³/mol. The van der Waals surface area contributed by atoms with Crippen LogP contribution in [0.25, 0.3) is 0 Å². The lowest BCUT2D eigenvalue weighted by Gasteiger charge is -2.40. The zero-order valence-corrected chi connectivity index (χ0v) is 40.4. The number of amidine groups is 1. The van der Waals surface area contributed by atoms with Crippen LogP contribution >= 0.6 is 0 Å². The number of benzene rings is 2. The molecule has 0 radical (unpaired) electrons. The lowest BCUT2D eigenvalue weighted by Crippen LogP contribution is -2.51. The molecule has 16 nitrogen and oxygen atoms in total. The minimum absolute atomic E-state index is 0.0354. The zero-order valence-electron chi connectivity index (χ0n) is 39.6. The molecule has 3 heterocycles. The summed E-state index contributed by atoms with van der Waals surface area (Å²) in [6, 6.07) is 12.5. The molecular weight excluding hydrogens is 886 g/mol. The molecule has 0 bridgehead atoms. The Balaban J connectivity index is 0.990. The number of piperazine rings is 1. The van der Waals surface area contributed by atoms with Crippen molar-refractivity contribution in [1.29, 1.82) is 5.41 Å². The van der Waals surface area contributed by atoms with Crippen molar-refractivity contribution in [3.8, 4) is 0 Å². The number of ether oxygens (including phenoxy) is 1. The van der Waals surface area contributed by atoms with E-state index < -0.39 is 29.1 Å². The Morgan fingerprint density at radius 1 is 1.09 bits per heavy atom. The average molecular weight is 952 g/mol. The Labute approximate surface area is 402 Å². The number of amides is 2. The molecule has 4 unspecified atom stereocenters. The predicted octanol–water partition coefficient (Wildman–Crippen LogP) is 5.24. The summed E-state index contributed by atoms with van der Waals surface area (Å²) in [5.74, 6) is 0.580. The van der Waals surface area contributed by atoms with Gasteiger partial charge in [0.1, 0.15) is 12.5 Å². The van der Waals surface area contributed by atoms with Crippen LogP contribution in [0.1, 0.15) is 62.4 Å². The van der Waals surface area contributed by atoms with Gasteiger partial charge in [0.2, 0.25) is 11.8 Å². The summed E-state index contributed by atoms with van der Waals surface area (Å²) in [7, 11) is 0.253. The minimum atomic E-state index is -1.60. The number of likely N-dealkylation sites (N-methyl/N-ethyl adjacent to an activating group) is 1. The third kappa shape index (κ3) is 12.9. The Morgan fingerprint density at radius 2 is 1.81 bits per heavy atom. The number of halogens is 1. The number of carbonyl (C=O) groups is 3. The number of alkyl halides is 1. The molecule has 2 aromatic carbocycles. The fourth-order valence-electron chi connectivity index (χ4n) is 8.95. The van der Waals surface area contributed by atoms with E-state index in [0.29, 0.717) is 57.6 Å². The summed E-state index contributed by atoms with van der Waals surface area (Å²) in [6.07, 6.45) is 10.6. The number of nitrogens with zero attached hydrogens (tertiary/aromatic N) is 7. The van der Waals surface area contributed by atoms with Crippen molar-refractivity contribution in [2.75, 3.05) is 69.3 Å². The quantitative estimate of drug-likeness (QED) is 0.0257. The van der Waals surface area contributed by atoms with Crippen molar-refractivity contribution < 1.29 is 27.7 Å². The molecule has 18 heteroatoms. The van der Waals surface area contributed by atoms with Gasteiger partial charge in [0, 0.05) is 122 Å². The number of piperidine rings is 2. The zero-order chi connectivity index (χ0) is 48.9. The number of hydrazone groups is 1. The number of hydrogen-bond acceptors (Lipinski definition) is 14. The highest BCUT2D eigenvalue weighted by Gasteiger charge is 2.31. The summed E-state index contributed by atoms with van der Waals surface area (Å²) in [5, 5.41) is 18.6. The molecule has 3 fully saturated rings. The highest BCUT2D eigenvalue weighted by Crippen LogP contribution is 2.30. The van der Waals surface area contributed by atoms with Gasteiger partial charge >= 0.3 is 0 Å². The van der Waals surface area contributed by atoms with Gasteiger partial charge in [0.15, 0.2) is 11.6 Å². The minimum Gasteiger partial charge on any atom is -0.487 e. The molecule has 2 amide bonds. The number of carbonyl (C=O) groups excluding carboxylic acids is 3. The molecule has 6 rings (SSSR count). The van der Waals surface area contributed by atoms with Gasteiger partial charge < -0.3 is 25.7 Å². The Kier molecular flexibility index (Phi) is 18.3. The highest BCUT2D eigenvalue weighted by molar-refractivity contribution is 7.89. The second-order valence-electron chi connectivity index (χ2n) is 17.7. The van der Waals surface area contributed by atoms with E-state index in [1.54, 1.807) is 19.1 Å². The highest BCUT2D eigenvalue weighted by atomic mass is 32.2. The summed E-state index contributed by atoms with van der Waals surface area (Å²) in [5.41, 5.74) is 10.3. The van der Waals surface area contributed by atoms with Gasteiger partial charge in [-0.15, -0.1) is 0 Å². The van der Waals surface area contributed by atoms with Crippen LogP contribution in [0.5, 0.6) is 0 Å². The topological polar surface area (TPSA) is 192 Å². The molecule has 2 aromatic rings. The lowest BCUT2D eigenvalue weighted by molar-refractivity contribution is -0.137. The molecule has 0 spiro atoms. The first-order valence-electron chi connectivity index (χ1n) is 23.1. The van der Waals surface area contributed by atoms with Gasteiger partial charge in [0.05, 0.1) is 35.7 Å². The number of nitrogens with one attached hydrogen (secondary N) is 3. The molecule has 4 aliphatic rings. The van der Waals surface area contributed by atoms with Crippen molar-refractivity contribution >= 4 is 59.0 Å². The SMILES string of the molecule is C=CN(N=C)C(=N\CNC1C=CC(S(=O)c2cccc(N3CCN(CC4CCN(c5ccc(C=O)c(CN(C)C6CCC(=O)NC6=O)c5)CC4)CC3)c2)=CC1F)/C(OC(C)C)=C(C)/C(C=N)=C/N. The van der Waals surface area contributed by atoms with Crippen LogP contribution in [0, 0.1) is 11.3 Å². The van der Waals surface area contributed by atoms with E-state index in [1.165, 1.54) is 23.5 Å². The molecule has 0 aromatic heterocycles. The largest absolute Gasteiger partial charge is 0.487 e. The molecule has 364 valence electrons. The van der Waals surface area contributed by atoms with Crippen molar-refractivity contribution in [1.82, 2.24) is 25.4 Å². The number of aldehydes is 1. The second-order valence-corrected chi connectivity index (χ2v) is 19.1. The van der Waals surface area contributed by atoms with Gasteiger partial charge in [-0.1, -0.05) is 18.7 Å². The normalized spacial score (nSPS) is 21.8. The number of allylic oxidation sites excluding steroid dienone is 3. The Hall–Kier alpha value is -6.08. The monoisotopic (exact) mass is 951 g/mol. The van der Waals surface area contributed by atoms with Gasteiger partial charge in [0.25, 0.3) is 0 Å². The number of imide groups is 1. The summed E-state index contributed by atoms with van der Waals surface area (Å²) < 4.78 is 35.7. The van der Waals surface area contributed by atoms with Crippen LogP contribution in [-0.4, -0.2) is 140 Å². The van der Waals surface area contributed by atoms with Crippen molar-refractivity contribution in [2.24, 2.45) is 21.7 Å². The van der Waals surface area contributed by atoms with E-state index in [9.17, 15) is 18.6 Å². The van der Waals surface area contributed by atoms with E-state index in [1.807, 2.05) is 62.2 Å². The van der Waals surface area contributed by atoms with Gasteiger partial charge in [-0.2, -0.15) is 5.10 Å². The molecule has 5 N–H and O–H groups in total. The molecule has 68 heavy (non-hydrogen) atoms. The fourth-order valence-corrected chi connectivity index (χ4v) is 10.1. The third-order valence-electron chi connectivity index (χ3n) is 12.8. The number of anilines is 2. The molecule has 3 saturated heterocycles. The smallest absolute Gasteiger partial charge is 0.243 e. The van der Waals surface area contributed by atoms with Crippen LogP contribution in [0.4, 0.5) is 15.8 Å². The molecule has 1 aliphatic carbocycles. The van der Waals surface area contributed by atoms with Crippen molar-refractivity contribution in [2.45, 2.75) is 82.3 Å². The van der Waals surface area contributed by atoms with Crippen LogP contribution in [0.15, 0.2) is 116 Å². The lowest BCUT2D eigenvalue weighted by atomic mass is 9.95. The van der Waals surface area contributed by atoms with Gasteiger partial charge in [-0.25, -0.2) is 18.6 Å². The Morgan fingerprint density at radius 3 is 2.44 bits per heavy atom. The third-order valence-corrected chi connectivity index (χ3v) is 14.2. The maximum atomic E-state index is 15.7. The standard InChI is InChI=1S/C50H66FN11O5S/c1-7-62(54-5)49(48(67-34(2)3)35(4)39(28-52)29-53)56-33-55-45-14-13-43(27-44(45)51)68(66)42-10-8-9-40(26-42)61-23-21-59(22-24-61)30-36-17-19-60(20-18-36)41-12-11-37(32-63)38(25-41)31-58(6)46-15-16-47(64)57-50(46)65/h7-14,25-29,32,34,36,44-46,52,55H,1,5,15-24,30-31,33,53H2,2-4,6H3,(H,57,64,65)/b39-29+,48-35-,52-28?,56-49-. The fraction of sp³-hybridized carbons (Fsp3) is 0.440. The maximum Gasteiger partial charge on any atom is 0.243 e. The summed E-state index contributed by atoms with van der Waals surface area (Å²) in [6.45, 7) is 19.6. The Bertz CT molecular complexity index is 2360. The van der Waals surface area contributed by atoms with E-state index in [0.717, 1.165) is 88.1 Å². The molecule has 3 aliphatic heterocycles. The van der Waals surface area contributed by atoms with Gasteiger partial charge in [-0.3, -0.25) is 34.8 Å². The molecule has 4 atom stereocenters. The first-order valence-corrected chi connectivity index (χ1v) is 24.3. The van der Waals surface area contributed by atoms with E-state index in [4.69, 9.17) is 15.9 Å². The van der Waals surface area contributed by atoms with E-state index in [2.05, 4.69) is 54.8 Å². The van der Waals surface area contributed by atoms with Crippen LogP contribution in [0.3, 0.4) is 0 Å². The number of nitrogens with two attached hydrogens (primary N) is 1.